The molecule has 0 aliphatic heterocycles. The first-order chi connectivity index (χ1) is 20.8. The molecule has 0 saturated heterocycles. The summed E-state index contributed by atoms with van der Waals surface area (Å²) in [5, 5.41) is 0. The summed E-state index contributed by atoms with van der Waals surface area (Å²) in [6.07, 6.45) is 0. The summed E-state index contributed by atoms with van der Waals surface area (Å²) < 4.78 is 57.8. The van der Waals surface area contributed by atoms with Gasteiger partial charge in [-0.2, -0.15) is 0 Å². The lowest BCUT2D eigenvalue weighted by Crippen LogP contribution is -2.28. The summed E-state index contributed by atoms with van der Waals surface area (Å²) in [5.74, 6) is 0.711. The van der Waals surface area contributed by atoms with Gasteiger partial charge in [0.2, 0.25) is 0 Å². The number of benzene rings is 4. The van der Waals surface area contributed by atoms with E-state index in [1.807, 2.05) is 102 Å². The maximum absolute atomic E-state index is 12.8. The van der Waals surface area contributed by atoms with Gasteiger partial charge < -0.3 is 15.2 Å². The molecule has 2 N–H and O–H groups in total. The summed E-state index contributed by atoms with van der Waals surface area (Å²) >= 11 is 0. The first-order valence-corrected chi connectivity index (χ1v) is 18.1. The lowest BCUT2D eigenvalue weighted by molar-refractivity contribution is 0.402. The third kappa shape index (κ3) is 11.5. The topological polar surface area (TPSA) is 113 Å². The van der Waals surface area contributed by atoms with Crippen molar-refractivity contribution in [3.63, 3.8) is 0 Å². The van der Waals surface area contributed by atoms with Gasteiger partial charge in [0.15, 0.2) is 9.84 Å². The highest BCUT2D eigenvalue weighted by Crippen LogP contribution is 2.32. The molecule has 0 aliphatic carbocycles. The van der Waals surface area contributed by atoms with E-state index in [-0.39, 0.29) is 26.8 Å². The van der Waals surface area contributed by atoms with Crippen molar-refractivity contribution in [2.45, 2.75) is 62.3 Å². The van der Waals surface area contributed by atoms with Crippen LogP contribution in [0.25, 0.3) is 0 Å². The lowest BCUT2D eigenvalue weighted by Gasteiger charge is -2.25. The van der Waals surface area contributed by atoms with Gasteiger partial charge in [-0.3, -0.25) is 0 Å². The molecule has 0 unspecified atom stereocenters. The molecule has 0 atom stereocenters. The molecule has 0 saturated carbocycles. The molecular formula is C35H44ClNO6S2. The Hall–Kier alpha value is -3.37. The summed E-state index contributed by atoms with van der Waals surface area (Å²) in [5.41, 5.74) is 9.24. The standard InChI is InChI=1S/C18H22O3S.C9H13N.C8H9ClO3S/c1-14-10-11-17(16(12-14)21-4)22(19,20)13-18(2,3)15-8-6-5-7-9-15;1-9(2,10)8-6-4-3-5-7-8;1-6-3-4-8(13(9,10)11)7(5-6)12-2/h5-12H,13H2,1-4H3;3-7H,10H2,1-2H3;3-5H,1-2H3. The minimum Gasteiger partial charge on any atom is -0.495 e. The zero-order valence-corrected chi connectivity index (χ0v) is 29.6. The van der Waals surface area contributed by atoms with Crippen LogP contribution in [0, 0.1) is 13.8 Å². The maximum atomic E-state index is 12.8. The minimum absolute atomic E-state index is 0.00210. The van der Waals surface area contributed by atoms with E-state index < -0.39 is 24.3 Å². The second-order valence-corrected chi connectivity index (χ2v) is 16.3. The van der Waals surface area contributed by atoms with Crippen LogP contribution in [0.2, 0.25) is 0 Å². The third-order valence-corrected chi connectivity index (χ3v) is 10.3. The van der Waals surface area contributed by atoms with Crippen molar-refractivity contribution in [3.8, 4) is 11.5 Å². The molecule has 45 heavy (non-hydrogen) atoms. The molecule has 0 fully saturated rings. The average Bonchev–Trinajstić information content (AvgIpc) is 2.97. The Morgan fingerprint density at radius 3 is 1.42 bits per heavy atom. The molecular weight excluding hydrogens is 630 g/mol. The molecule has 244 valence electrons. The van der Waals surface area contributed by atoms with Gasteiger partial charge in [0, 0.05) is 21.6 Å². The number of methoxy groups -OCH3 is 2. The highest BCUT2D eigenvalue weighted by atomic mass is 35.7. The number of aryl methyl sites for hydroxylation is 2. The van der Waals surface area contributed by atoms with E-state index >= 15 is 0 Å². The molecule has 0 amide bonds. The molecule has 10 heteroatoms. The van der Waals surface area contributed by atoms with Gasteiger partial charge in [-0.1, -0.05) is 86.6 Å². The normalized spacial score (nSPS) is 11.8. The fourth-order valence-corrected chi connectivity index (χ4v) is 7.39. The van der Waals surface area contributed by atoms with Crippen LogP contribution in [0.3, 0.4) is 0 Å². The zero-order chi connectivity index (χ0) is 34.1. The quantitative estimate of drug-likeness (QED) is 0.192. The number of hydrogen-bond acceptors (Lipinski definition) is 7. The molecule has 0 spiro atoms. The van der Waals surface area contributed by atoms with Crippen molar-refractivity contribution in [2.75, 3.05) is 20.0 Å². The van der Waals surface area contributed by atoms with Crippen LogP contribution >= 0.6 is 10.7 Å². The van der Waals surface area contributed by atoms with Crippen molar-refractivity contribution in [3.05, 3.63) is 119 Å². The van der Waals surface area contributed by atoms with E-state index in [2.05, 4.69) is 0 Å². The molecule has 7 nitrogen and oxygen atoms in total. The van der Waals surface area contributed by atoms with Crippen molar-refractivity contribution >= 4 is 29.6 Å². The van der Waals surface area contributed by atoms with Gasteiger partial charge in [-0.15, -0.1) is 0 Å². The van der Waals surface area contributed by atoms with Gasteiger partial charge in [-0.25, -0.2) is 16.8 Å². The second-order valence-electron chi connectivity index (χ2n) is 11.8. The van der Waals surface area contributed by atoms with Crippen LogP contribution in [-0.2, 0) is 29.8 Å². The fourth-order valence-electron chi connectivity index (χ4n) is 4.40. The van der Waals surface area contributed by atoms with Crippen molar-refractivity contribution < 1.29 is 26.3 Å². The average molecular weight is 674 g/mol. The Labute approximate surface area is 273 Å². The summed E-state index contributed by atoms with van der Waals surface area (Å²) in [7, 11) is 0.921. The molecule has 0 radical (unpaired) electrons. The monoisotopic (exact) mass is 673 g/mol. The first-order valence-electron chi connectivity index (χ1n) is 14.2. The van der Waals surface area contributed by atoms with Crippen LogP contribution in [0.1, 0.15) is 49.9 Å². The summed E-state index contributed by atoms with van der Waals surface area (Å²) in [6.45, 7) is 11.6. The van der Waals surface area contributed by atoms with E-state index in [0.29, 0.717) is 5.75 Å². The Kier molecular flexibility index (Phi) is 13.2. The lowest BCUT2D eigenvalue weighted by atomic mass is 9.87. The molecule has 4 aromatic carbocycles. The molecule has 0 bridgehead atoms. The van der Waals surface area contributed by atoms with Crippen LogP contribution in [-0.4, -0.2) is 36.8 Å². The van der Waals surface area contributed by atoms with E-state index in [0.717, 1.165) is 16.7 Å². The molecule has 0 heterocycles. The summed E-state index contributed by atoms with van der Waals surface area (Å²) in [6, 6.07) is 29.7. The second kappa shape index (κ2) is 15.8. The first kappa shape index (κ1) is 37.8. The number of rotatable bonds is 8. The predicted molar refractivity (Wildman–Crippen MR) is 184 cm³/mol. The SMILES string of the molecule is CC(C)(N)c1ccccc1.COc1cc(C)ccc1S(=O)(=O)CC(C)(C)c1ccccc1.COc1cc(C)ccc1S(=O)(=O)Cl. The number of halogens is 1. The Bertz CT molecular complexity index is 1750. The highest BCUT2D eigenvalue weighted by molar-refractivity contribution is 8.13. The van der Waals surface area contributed by atoms with Crippen molar-refractivity contribution in [1.29, 1.82) is 0 Å². The van der Waals surface area contributed by atoms with Crippen LogP contribution in [0.4, 0.5) is 0 Å². The Morgan fingerprint density at radius 1 is 0.644 bits per heavy atom. The number of ether oxygens (including phenoxy) is 2. The Morgan fingerprint density at radius 2 is 1.04 bits per heavy atom. The van der Waals surface area contributed by atoms with Gasteiger partial charge >= 0.3 is 0 Å². The predicted octanol–water partition coefficient (Wildman–Crippen LogP) is 7.57. The van der Waals surface area contributed by atoms with E-state index in [9.17, 15) is 16.8 Å². The molecule has 4 rings (SSSR count). The van der Waals surface area contributed by atoms with E-state index in [4.69, 9.17) is 25.9 Å². The maximum Gasteiger partial charge on any atom is 0.264 e. The van der Waals surface area contributed by atoms with Crippen LogP contribution in [0.5, 0.6) is 11.5 Å². The molecule has 4 aromatic rings. The van der Waals surface area contributed by atoms with Gasteiger partial charge in [0.05, 0.1) is 20.0 Å². The van der Waals surface area contributed by atoms with Gasteiger partial charge in [0.1, 0.15) is 21.3 Å². The Balaban J connectivity index is 0.000000259. The van der Waals surface area contributed by atoms with Crippen molar-refractivity contribution in [1.82, 2.24) is 0 Å². The van der Waals surface area contributed by atoms with Crippen molar-refractivity contribution in [2.24, 2.45) is 5.73 Å². The third-order valence-electron chi connectivity index (χ3n) is 6.86. The van der Waals surface area contributed by atoms with Crippen LogP contribution in [0.15, 0.2) is 107 Å². The smallest absolute Gasteiger partial charge is 0.264 e. The number of nitrogens with two attached hydrogens (primary N) is 1. The largest absolute Gasteiger partial charge is 0.495 e. The van der Waals surface area contributed by atoms with Gasteiger partial charge in [0.25, 0.3) is 9.05 Å². The highest BCUT2D eigenvalue weighted by Gasteiger charge is 2.31. The molecule has 0 aromatic heterocycles. The minimum atomic E-state index is -3.72. The number of sulfone groups is 1. The van der Waals surface area contributed by atoms with E-state index in [1.54, 1.807) is 30.3 Å². The summed E-state index contributed by atoms with van der Waals surface area (Å²) in [4.78, 5) is 0.256. The number of hydrogen-bond donors (Lipinski definition) is 1. The fraction of sp³-hybridized carbons (Fsp3) is 0.314. The van der Waals surface area contributed by atoms with E-state index in [1.165, 1.54) is 25.8 Å². The molecule has 0 aliphatic rings. The van der Waals surface area contributed by atoms with Gasteiger partial charge in [-0.05, 0) is 74.2 Å². The zero-order valence-electron chi connectivity index (χ0n) is 27.2. The van der Waals surface area contributed by atoms with Crippen LogP contribution < -0.4 is 15.2 Å².